The number of H-pyrrole nitrogens is 1. The lowest BCUT2D eigenvalue weighted by Gasteiger charge is -2.21. The van der Waals surface area contributed by atoms with Gasteiger partial charge in [-0.3, -0.25) is 5.10 Å². The number of halogens is 4. The number of rotatable bonds is 4. The number of nitrogens with zero attached hydrogens (tertiary/aromatic N) is 4. The van der Waals surface area contributed by atoms with E-state index in [2.05, 4.69) is 58.4 Å². The number of anilines is 2. The highest BCUT2D eigenvalue weighted by molar-refractivity contribution is 14.1. The molecule has 0 bridgehead atoms. The van der Waals surface area contributed by atoms with Crippen LogP contribution in [0.4, 0.5) is 24.9 Å². The van der Waals surface area contributed by atoms with Crippen molar-refractivity contribution in [2.75, 3.05) is 16.8 Å². The van der Waals surface area contributed by atoms with Crippen molar-refractivity contribution in [3.8, 4) is 22.8 Å². The number of aromatic amines is 1. The Morgan fingerprint density at radius 1 is 0.941 bits per heavy atom. The van der Waals surface area contributed by atoms with Crippen LogP contribution in [0.2, 0.25) is 0 Å². The van der Waals surface area contributed by atoms with E-state index in [9.17, 15) is 13.2 Å². The number of benzene rings is 2. The number of fused-ring (bicyclic) bond motifs is 1. The number of alkyl halides is 4. The molecule has 34 heavy (non-hydrogen) atoms. The first kappa shape index (κ1) is 24.1. The van der Waals surface area contributed by atoms with Gasteiger partial charge in [0.1, 0.15) is 5.82 Å². The van der Waals surface area contributed by atoms with E-state index in [1.165, 1.54) is 12.1 Å². The van der Waals surface area contributed by atoms with Crippen LogP contribution in [0.25, 0.3) is 22.8 Å². The summed E-state index contributed by atoms with van der Waals surface area (Å²) in [7, 11) is 0. The maximum atomic E-state index is 13.6. The van der Waals surface area contributed by atoms with Crippen LogP contribution >= 0.6 is 22.6 Å². The Balaban J connectivity index is 0.00000133. The molecule has 0 saturated heterocycles. The second kappa shape index (κ2) is 10.5. The van der Waals surface area contributed by atoms with E-state index in [-0.39, 0.29) is 17.3 Å². The third kappa shape index (κ3) is 5.20. The second-order valence-electron chi connectivity index (χ2n) is 7.29. The van der Waals surface area contributed by atoms with Crippen molar-refractivity contribution >= 4 is 34.4 Å². The standard InChI is InChI=1S/C22H18F3N7.CH3I/c23-22(24,25)16-9-5-4-8-14(16)19-27-17-10-11-26-12-15(17)20(28-19)30-21-29-18(31-32-21)13-6-2-1-3-7-13;1-2/h1-9,26H,10-12H2,(H2,27,28,29,30,31,32);1H3. The van der Waals surface area contributed by atoms with Gasteiger partial charge in [-0.15, -0.1) is 5.10 Å². The Morgan fingerprint density at radius 3 is 2.44 bits per heavy atom. The summed E-state index contributed by atoms with van der Waals surface area (Å²) in [5.74, 6) is 1.23. The van der Waals surface area contributed by atoms with E-state index in [1.807, 2.05) is 35.3 Å². The molecule has 3 heterocycles. The van der Waals surface area contributed by atoms with Gasteiger partial charge in [-0.05, 0) is 11.0 Å². The second-order valence-corrected chi connectivity index (χ2v) is 7.29. The third-order valence-electron chi connectivity index (χ3n) is 5.17. The minimum Gasteiger partial charge on any atom is -0.312 e. The van der Waals surface area contributed by atoms with Gasteiger partial charge >= 0.3 is 6.18 Å². The predicted molar refractivity (Wildman–Crippen MR) is 133 cm³/mol. The van der Waals surface area contributed by atoms with Crippen molar-refractivity contribution in [3.05, 3.63) is 71.4 Å². The monoisotopic (exact) mass is 579 g/mol. The quantitative estimate of drug-likeness (QED) is 0.222. The van der Waals surface area contributed by atoms with E-state index >= 15 is 0 Å². The number of aromatic nitrogens is 5. The Bertz CT molecular complexity index is 1260. The maximum Gasteiger partial charge on any atom is 0.417 e. The van der Waals surface area contributed by atoms with Gasteiger partial charge < -0.3 is 10.6 Å². The first-order valence-electron chi connectivity index (χ1n) is 10.4. The van der Waals surface area contributed by atoms with Crippen molar-refractivity contribution in [2.24, 2.45) is 0 Å². The first-order chi connectivity index (χ1) is 16.5. The van der Waals surface area contributed by atoms with Crippen LogP contribution in [0.1, 0.15) is 16.8 Å². The summed E-state index contributed by atoms with van der Waals surface area (Å²) in [6.07, 6.45) is -3.93. The normalized spacial score (nSPS) is 13.0. The first-order valence-corrected chi connectivity index (χ1v) is 12.5. The summed E-state index contributed by atoms with van der Waals surface area (Å²) in [6.45, 7) is 1.18. The number of hydrogen-bond acceptors (Lipinski definition) is 6. The molecule has 5 rings (SSSR count). The van der Waals surface area contributed by atoms with Gasteiger partial charge in [-0.2, -0.15) is 18.2 Å². The van der Waals surface area contributed by atoms with E-state index in [1.54, 1.807) is 6.07 Å². The molecule has 1 aliphatic heterocycles. The molecule has 4 aromatic rings. The largest absolute Gasteiger partial charge is 0.417 e. The maximum absolute atomic E-state index is 13.6. The van der Waals surface area contributed by atoms with Crippen molar-refractivity contribution in [3.63, 3.8) is 0 Å². The number of nitrogens with one attached hydrogen (secondary N) is 3. The minimum absolute atomic E-state index is 0.0138. The molecular formula is C23H21F3IN7. The van der Waals surface area contributed by atoms with Crippen LogP contribution < -0.4 is 10.6 Å². The molecule has 0 amide bonds. The highest BCUT2D eigenvalue weighted by atomic mass is 127. The van der Waals surface area contributed by atoms with Gasteiger partial charge in [-0.1, -0.05) is 71.1 Å². The van der Waals surface area contributed by atoms with Crippen molar-refractivity contribution in [2.45, 2.75) is 19.1 Å². The Labute approximate surface area is 207 Å². The fourth-order valence-electron chi connectivity index (χ4n) is 3.64. The van der Waals surface area contributed by atoms with E-state index in [0.717, 1.165) is 17.2 Å². The Hall–Kier alpha value is -3.06. The average Bonchev–Trinajstić information content (AvgIpc) is 3.34. The molecule has 1 aliphatic rings. The average molecular weight is 579 g/mol. The molecule has 7 nitrogen and oxygen atoms in total. The molecule has 0 spiro atoms. The zero-order valence-corrected chi connectivity index (χ0v) is 20.3. The molecule has 0 aliphatic carbocycles. The van der Waals surface area contributed by atoms with Crippen LogP contribution in [0.15, 0.2) is 54.6 Å². The van der Waals surface area contributed by atoms with Gasteiger partial charge in [0.15, 0.2) is 11.6 Å². The van der Waals surface area contributed by atoms with Crippen molar-refractivity contribution in [1.82, 2.24) is 30.5 Å². The Morgan fingerprint density at radius 2 is 1.68 bits per heavy atom. The molecule has 0 unspecified atom stereocenters. The molecule has 0 atom stereocenters. The van der Waals surface area contributed by atoms with Gasteiger partial charge in [0, 0.05) is 36.2 Å². The van der Waals surface area contributed by atoms with Crippen molar-refractivity contribution < 1.29 is 13.2 Å². The van der Waals surface area contributed by atoms with Gasteiger partial charge in [0.25, 0.3) is 0 Å². The molecule has 176 valence electrons. The van der Waals surface area contributed by atoms with Gasteiger partial charge in [0.2, 0.25) is 5.95 Å². The third-order valence-corrected chi connectivity index (χ3v) is 5.17. The summed E-state index contributed by atoms with van der Waals surface area (Å²) in [5.41, 5.74) is 1.51. The topological polar surface area (TPSA) is 91.4 Å². The van der Waals surface area contributed by atoms with E-state index < -0.39 is 11.7 Å². The highest BCUT2D eigenvalue weighted by Crippen LogP contribution is 2.37. The fraction of sp³-hybridized carbons (Fsp3) is 0.217. The molecule has 2 aromatic heterocycles. The van der Waals surface area contributed by atoms with Crippen LogP contribution in [0.5, 0.6) is 0 Å². The summed E-state index contributed by atoms with van der Waals surface area (Å²) in [6, 6.07) is 14.8. The summed E-state index contributed by atoms with van der Waals surface area (Å²) in [5, 5.41) is 13.4. The molecule has 2 aromatic carbocycles. The van der Waals surface area contributed by atoms with Crippen LogP contribution in [0.3, 0.4) is 0 Å². The summed E-state index contributed by atoms with van der Waals surface area (Å²) < 4.78 is 40.7. The lowest BCUT2D eigenvalue weighted by Crippen LogP contribution is -2.26. The molecule has 0 fully saturated rings. The lowest BCUT2D eigenvalue weighted by molar-refractivity contribution is -0.137. The summed E-state index contributed by atoms with van der Waals surface area (Å²) >= 11 is 2.15. The highest BCUT2D eigenvalue weighted by Gasteiger charge is 2.34. The summed E-state index contributed by atoms with van der Waals surface area (Å²) in [4.78, 5) is 15.3. The molecule has 0 saturated carbocycles. The Kier molecular flexibility index (Phi) is 7.41. The van der Waals surface area contributed by atoms with E-state index in [4.69, 9.17) is 0 Å². The van der Waals surface area contributed by atoms with E-state index in [0.29, 0.717) is 36.8 Å². The number of hydrogen-bond donors (Lipinski definition) is 3. The smallest absolute Gasteiger partial charge is 0.312 e. The lowest BCUT2D eigenvalue weighted by atomic mass is 10.0. The zero-order chi connectivity index (χ0) is 24.1. The van der Waals surface area contributed by atoms with Crippen LogP contribution in [-0.2, 0) is 19.1 Å². The van der Waals surface area contributed by atoms with Gasteiger partial charge in [-0.25, -0.2) is 9.97 Å². The van der Waals surface area contributed by atoms with Gasteiger partial charge in [0.05, 0.1) is 11.3 Å². The predicted octanol–water partition coefficient (Wildman–Crippen LogP) is 5.39. The van der Waals surface area contributed by atoms with Crippen LogP contribution in [0, 0.1) is 0 Å². The molecule has 0 radical (unpaired) electrons. The molecule has 11 heteroatoms. The minimum atomic E-state index is -4.51. The molecular weight excluding hydrogens is 558 g/mol. The van der Waals surface area contributed by atoms with Crippen molar-refractivity contribution in [1.29, 1.82) is 0 Å². The molecule has 3 N–H and O–H groups in total. The fourth-order valence-corrected chi connectivity index (χ4v) is 3.64. The zero-order valence-electron chi connectivity index (χ0n) is 18.1. The SMILES string of the molecule is CI.FC(F)(F)c1ccccc1-c1nc2c(c(Nc3n[nH]c(-c4ccccc4)n3)n1)CNCC2. The van der Waals surface area contributed by atoms with Crippen LogP contribution in [-0.4, -0.2) is 36.6 Å².